The summed E-state index contributed by atoms with van der Waals surface area (Å²) < 4.78 is 5.37. The highest BCUT2D eigenvalue weighted by Gasteiger charge is 2.05. The fourth-order valence-electron chi connectivity index (χ4n) is 2.18. The van der Waals surface area contributed by atoms with Gasteiger partial charge in [0.05, 0.1) is 12.6 Å². The van der Waals surface area contributed by atoms with E-state index < -0.39 is 0 Å². The molecular weight excluding hydrogens is 280 g/mol. The SMILES string of the molecule is COc1cc(N)ccc1SCc1ccc2ncccc2c1. The molecule has 2 N–H and O–H groups in total. The first-order valence-corrected chi connectivity index (χ1v) is 7.65. The number of aromatic nitrogens is 1. The Morgan fingerprint density at radius 2 is 2.05 bits per heavy atom. The van der Waals surface area contributed by atoms with Crippen LogP contribution in [0.4, 0.5) is 5.69 Å². The molecule has 21 heavy (non-hydrogen) atoms. The van der Waals surface area contributed by atoms with E-state index in [1.165, 1.54) is 10.9 Å². The number of pyridine rings is 1. The molecule has 0 saturated heterocycles. The Labute approximate surface area is 128 Å². The van der Waals surface area contributed by atoms with Crippen LogP contribution in [0, 0.1) is 0 Å². The lowest BCUT2D eigenvalue weighted by Gasteiger charge is -2.09. The van der Waals surface area contributed by atoms with Crippen LogP contribution in [0.2, 0.25) is 0 Å². The van der Waals surface area contributed by atoms with Crippen LogP contribution in [0.5, 0.6) is 5.75 Å². The van der Waals surface area contributed by atoms with Crippen molar-refractivity contribution in [3.8, 4) is 5.75 Å². The Morgan fingerprint density at radius 3 is 2.90 bits per heavy atom. The molecule has 3 aromatic rings. The third-order valence-electron chi connectivity index (χ3n) is 3.25. The third-order valence-corrected chi connectivity index (χ3v) is 4.38. The number of ether oxygens (including phenoxy) is 1. The molecule has 4 heteroatoms. The van der Waals surface area contributed by atoms with Gasteiger partial charge in [0.15, 0.2) is 0 Å². The van der Waals surface area contributed by atoms with E-state index in [-0.39, 0.29) is 0 Å². The number of fused-ring (bicyclic) bond motifs is 1. The van der Waals surface area contributed by atoms with E-state index in [0.29, 0.717) is 5.69 Å². The molecule has 0 atom stereocenters. The number of methoxy groups -OCH3 is 1. The number of thioether (sulfide) groups is 1. The van der Waals surface area contributed by atoms with Crippen molar-refractivity contribution < 1.29 is 4.74 Å². The molecule has 3 nitrogen and oxygen atoms in total. The van der Waals surface area contributed by atoms with E-state index >= 15 is 0 Å². The number of nitrogen functional groups attached to an aromatic ring is 1. The maximum absolute atomic E-state index is 5.78. The van der Waals surface area contributed by atoms with Gasteiger partial charge in [-0.2, -0.15) is 0 Å². The topological polar surface area (TPSA) is 48.1 Å². The first-order valence-electron chi connectivity index (χ1n) is 6.66. The summed E-state index contributed by atoms with van der Waals surface area (Å²) >= 11 is 1.74. The molecule has 0 radical (unpaired) electrons. The first kappa shape index (κ1) is 13.8. The second-order valence-electron chi connectivity index (χ2n) is 4.73. The highest BCUT2D eigenvalue weighted by Crippen LogP contribution is 2.33. The van der Waals surface area contributed by atoms with Crippen LogP contribution in [0.25, 0.3) is 10.9 Å². The molecule has 1 heterocycles. The zero-order valence-electron chi connectivity index (χ0n) is 11.7. The summed E-state index contributed by atoms with van der Waals surface area (Å²) in [6.45, 7) is 0. The first-order chi connectivity index (χ1) is 10.3. The van der Waals surface area contributed by atoms with Crippen molar-refractivity contribution in [1.29, 1.82) is 0 Å². The zero-order valence-corrected chi connectivity index (χ0v) is 12.6. The van der Waals surface area contributed by atoms with E-state index in [1.54, 1.807) is 18.9 Å². The standard InChI is InChI=1S/C17H16N2OS/c1-20-16-10-14(18)5-7-17(16)21-11-12-4-6-15-13(9-12)3-2-8-19-15/h2-10H,11,18H2,1H3. The highest BCUT2D eigenvalue weighted by molar-refractivity contribution is 7.98. The molecule has 1 aromatic heterocycles. The Hall–Kier alpha value is -2.20. The van der Waals surface area contributed by atoms with Crippen LogP contribution >= 0.6 is 11.8 Å². The number of nitrogens with two attached hydrogens (primary N) is 1. The van der Waals surface area contributed by atoms with Crippen molar-refractivity contribution in [3.63, 3.8) is 0 Å². The van der Waals surface area contributed by atoms with E-state index in [4.69, 9.17) is 10.5 Å². The molecule has 3 rings (SSSR count). The molecule has 0 aliphatic rings. The van der Waals surface area contributed by atoms with Crippen molar-refractivity contribution in [1.82, 2.24) is 4.98 Å². The average molecular weight is 296 g/mol. The molecule has 2 aromatic carbocycles. The van der Waals surface area contributed by atoms with Gasteiger partial charge in [-0.1, -0.05) is 12.1 Å². The molecule has 0 saturated carbocycles. The summed E-state index contributed by atoms with van der Waals surface area (Å²) in [6, 6.07) is 16.2. The van der Waals surface area contributed by atoms with E-state index in [0.717, 1.165) is 21.9 Å². The maximum Gasteiger partial charge on any atom is 0.134 e. The molecule has 0 aliphatic heterocycles. The van der Waals surface area contributed by atoms with Crippen molar-refractivity contribution in [2.24, 2.45) is 0 Å². The van der Waals surface area contributed by atoms with E-state index in [9.17, 15) is 0 Å². The molecule has 106 valence electrons. The number of hydrogen-bond donors (Lipinski definition) is 1. The molecule has 0 spiro atoms. The summed E-state index contributed by atoms with van der Waals surface area (Å²) in [7, 11) is 1.67. The number of anilines is 1. The summed E-state index contributed by atoms with van der Waals surface area (Å²) in [5, 5.41) is 1.17. The minimum Gasteiger partial charge on any atom is -0.496 e. The van der Waals surface area contributed by atoms with Crippen molar-refractivity contribution in [2.45, 2.75) is 10.6 Å². The number of benzene rings is 2. The summed E-state index contributed by atoms with van der Waals surface area (Å²) in [4.78, 5) is 5.43. The quantitative estimate of drug-likeness (QED) is 0.581. The minimum atomic E-state index is 0.716. The normalized spacial score (nSPS) is 10.7. The van der Waals surface area contributed by atoms with Gasteiger partial charge in [0.1, 0.15) is 5.75 Å². The Bertz CT molecular complexity index is 774. The number of hydrogen-bond acceptors (Lipinski definition) is 4. The summed E-state index contributed by atoms with van der Waals surface area (Å²) in [5.41, 5.74) is 8.78. The second kappa shape index (κ2) is 6.06. The van der Waals surface area contributed by atoms with Crippen molar-refractivity contribution in [3.05, 3.63) is 60.3 Å². The van der Waals surface area contributed by atoms with Crippen LogP contribution in [0.15, 0.2) is 59.6 Å². The van der Waals surface area contributed by atoms with Gasteiger partial charge >= 0.3 is 0 Å². The van der Waals surface area contributed by atoms with Crippen LogP contribution in [-0.2, 0) is 5.75 Å². The molecule has 0 bridgehead atoms. The number of nitrogens with zero attached hydrogens (tertiary/aromatic N) is 1. The lowest BCUT2D eigenvalue weighted by molar-refractivity contribution is 0.405. The lowest BCUT2D eigenvalue weighted by atomic mass is 10.1. The number of rotatable bonds is 4. The van der Waals surface area contributed by atoms with Crippen LogP contribution in [0.3, 0.4) is 0 Å². The lowest BCUT2D eigenvalue weighted by Crippen LogP contribution is -1.91. The Kier molecular flexibility index (Phi) is 3.97. The highest BCUT2D eigenvalue weighted by atomic mass is 32.2. The van der Waals surface area contributed by atoms with Crippen LogP contribution < -0.4 is 10.5 Å². The predicted octanol–water partition coefficient (Wildman–Crippen LogP) is 4.12. The molecular formula is C17H16N2OS. The largest absolute Gasteiger partial charge is 0.496 e. The van der Waals surface area contributed by atoms with E-state index in [1.807, 2.05) is 30.5 Å². The molecule has 0 aliphatic carbocycles. The Balaban J connectivity index is 1.80. The average Bonchev–Trinajstić information content (AvgIpc) is 2.53. The van der Waals surface area contributed by atoms with Crippen molar-refractivity contribution in [2.75, 3.05) is 12.8 Å². The molecule has 0 fully saturated rings. The third kappa shape index (κ3) is 3.11. The zero-order chi connectivity index (χ0) is 14.7. The van der Waals surface area contributed by atoms with Gasteiger partial charge < -0.3 is 10.5 Å². The second-order valence-corrected chi connectivity index (χ2v) is 5.75. The van der Waals surface area contributed by atoms with Gasteiger partial charge in [0.2, 0.25) is 0 Å². The molecule has 0 unspecified atom stereocenters. The van der Waals surface area contributed by atoms with Crippen LogP contribution in [0.1, 0.15) is 5.56 Å². The maximum atomic E-state index is 5.78. The summed E-state index contributed by atoms with van der Waals surface area (Å²) in [5.74, 6) is 1.70. The van der Waals surface area contributed by atoms with Gasteiger partial charge in [-0.05, 0) is 35.9 Å². The predicted molar refractivity (Wildman–Crippen MR) is 88.7 cm³/mol. The summed E-state index contributed by atoms with van der Waals surface area (Å²) in [6.07, 6.45) is 1.82. The molecule has 0 amide bonds. The fraction of sp³-hybridized carbons (Fsp3) is 0.118. The van der Waals surface area contributed by atoms with Gasteiger partial charge in [-0.15, -0.1) is 11.8 Å². The fourth-order valence-corrected chi connectivity index (χ4v) is 3.13. The van der Waals surface area contributed by atoms with Gasteiger partial charge in [-0.25, -0.2) is 0 Å². The Morgan fingerprint density at radius 1 is 1.14 bits per heavy atom. The van der Waals surface area contributed by atoms with Gasteiger partial charge in [0.25, 0.3) is 0 Å². The van der Waals surface area contributed by atoms with Gasteiger partial charge in [-0.3, -0.25) is 4.98 Å². The smallest absolute Gasteiger partial charge is 0.134 e. The van der Waals surface area contributed by atoms with Gasteiger partial charge in [0, 0.05) is 34.0 Å². The monoisotopic (exact) mass is 296 g/mol. The van der Waals surface area contributed by atoms with Crippen molar-refractivity contribution >= 4 is 28.4 Å². The van der Waals surface area contributed by atoms with Crippen LogP contribution in [-0.4, -0.2) is 12.1 Å². The minimum absolute atomic E-state index is 0.716. The van der Waals surface area contributed by atoms with E-state index in [2.05, 4.69) is 29.2 Å².